The average Bonchev–Trinajstić information content (AvgIpc) is 2.70. The van der Waals surface area contributed by atoms with Gasteiger partial charge in [0.1, 0.15) is 0 Å². The molecule has 2 N–H and O–H groups in total. The van der Waals surface area contributed by atoms with Crippen LogP contribution < -0.4 is 5.73 Å². The van der Waals surface area contributed by atoms with Gasteiger partial charge in [-0.15, -0.1) is 0 Å². The van der Waals surface area contributed by atoms with E-state index >= 15 is 0 Å². The Labute approximate surface area is 102 Å². The molecule has 0 amide bonds. The molecular weight excluding hydrogens is 236 g/mol. The molecule has 4 nitrogen and oxygen atoms in total. The molecule has 94 valence electrons. The summed E-state index contributed by atoms with van der Waals surface area (Å²) in [6, 6.07) is 5.66. The molecule has 1 aliphatic heterocycles. The molecule has 0 aliphatic carbocycles. The van der Waals surface area contributed by atoms with Crippen molar-refractivity contribution in [1.29, 1.82) is 0 Å². The summed E-state index contributed by atoms with van der Waals surface area (Å²) in [6.45, 7) is 2.56. The van der Waals surface area contributed by atoms with Gasteiger partial charge < -0.3 is 5.73 Å². The molecule has 1 saturated heterocycles. The first-order valence-corrected chi connectivity index (χ1v) is 7.58. The fraction of sp³-hybridized carbons (Fsp3) is 0.500. The van der Waals surface area contributed by atoms with E-state index < -0.39 is 10.0 Å². The molecule has 1 aliphatic rings. The van der Waals surface area contributed by atoms with Gasteiger partial charge in [-0.05, 0) is 37.0 Å². The number of nitrogens with zero attached hydrogens (tertiary/aromatic N) is 1. The fourth-order valence-electron chi connectivity index (χ4n) is 2.48. The molecule has 17 heavy (non-hydrogen) atoms. The van der Waals surface area contributed by atoms with Gasteiger partial charge in [-0.25, -0.2) is 8.42 Å². The fourth-order valence-corrected chi connectivity index (χ4v) is 3.62. The Morgan fingerprint density at radius 2 is 2.12 bits per heavy atom. The number of benzene rings is 1. The minimum atomic E-state index is -3.14. The number of sulfonamides is 1. The van der Waals surface area contributed by atoms with Crippen LogP contribution in [0.1, 0.15) is 30.0 Å². The van der Waals surface area contributed by atoms with E-state index in [-0.39, 0.29) is 6.04 Å². The average molecular weight is 254 g/mol. The second kappa shape index (κ2) is 4.31. The van der Waals surface area contributed by atoms with E-state index in [9.17, 15) is 8.42 Å². The van der Waals surface area contributed by atoms with Crippen molar-refractivity contribution in [2.45, 2.75) is 25.8 Å². The van der Waals surface area contributed by atoms with Gasteiger partial charge in [0, 0.05) is 12.2 Å². The summed E-state index contributed by atoms with van der Waals surface area (Å²) < 4.78 is 25.0. The molecule has 5 heteroatoms. The van der Waals surface area contributed by atoms with Gasteiger partial charge in [0.15, 0.2) is 0 Å². The van der Waals surface area contributed by atoms with Gasteiger partial charge in [-0.1, -0.05) is 12.1 Å². The van der Waals surface area contributed by atoms with Gasteiger partial charge in [0.2, 0.25) is 10.0 Å². The Kier molecular flexibility index (Phi) is 3.14. The predicted octanol–water partition coefficient (Wildman–Crippen LogP) is 1.67. The zero-order chi connectivity index (χ0) is 12.6. The topological polar surface area (TPSA) is 63.4 Å². The van der Waals surface area contributed by atoms with Crippen molar-refractivity contribution < 1.29 is 8.42 Å². The van der Waals surface area contributed by atoms with Crippen LogP contribution in [0.25, 0.3) is 0 Å². The van der Waals surface area contributed by atoms with Gasteiger partial charge in [-0.3, -0.25) is 0 Å². The lowest BCUT2D eigenvalue weighted by Gasteiger charge is -2.24. The Balaban J connectivity index is 2.43. The molecule has 1 atom stereocenters. The lowest BCUT2D eigenvalue weighted by molar-refractivity contribution is 0.399. The van der Waals surface area contributed by atoms with Crippen LogP contribution in [0.15, 0.2) is 18.2 Å². The molecule has 0 radical (unpaired) electrons. The van der Waals surface area contributed by atoms with Gasteiger partial charge >= 0.3 is 0 Å². The van der Waals surface area contributed by atoms with E-state index in [0.717, 1.165) is 29.7 Å². The molecule has 1 unspecified atom stereocenters. The van der Waals surface area contributed by atoms with Crippen LogP contribution in [0.5, 0.6) is 0 Å². The van der Waals surface area contributed by atoms with Crippen molar-refractivity contribution in [3.05, 3.63) is 29.3 Å². The number of rotatable bonds is 2. The second-order valence-corrected chi connectivity index (χ2v) is 6.53. The van der Waals surface area contributed by atoms with Gasteiger partial charge in [0.25, 0.3) is 0 Å². The predicted molar refractivity (Wildman–Crippen MR) is 69.1 cm³/mol. The smallest absolute Gasteiger partial charge is 0.211 e. The first-order valence-electron chi connectivity index (χ1n) is 5.73. The maximum Gasteiger partial charge on any atom is 0.211 e. The highest BCUT2D eigenvalue weighted by Gasteiger charge is 2.33. The van der Waals surface area contributed by atoms with E-state index in [1.165, 1.54) is 6.26 Å². The SMILES string of the molecule is Cc1c(N)cccc1C1CCCN1S(C)(=O)=O. The van der Waals surface area contributed by atoms with Crippen molar-refractivity contribution in [1.82, 2.24) is 4.31 Å². The molecular formula is C12H18N2O2S. The first-order chi connectivity index (χ1) is 7.91. The number of hydrogen-bond donors (Lipinski definition) is 1. The zero-order valence-corrected chi connectivity index (χ0v) is 11.0. The number of nitrogen functional groups attached to an aromatic ring is 1. The highest BCUT2D eigenvalue weighted by molar-refractivity contribution is 7.88. The molecule has 1 aromatic rings. The molecule has 0 spiro atoms. The minimum Gasteiger partial charge on any atom is -0.399 e. The van der Waals surface area contributed by atoms with Crippen molar-refractivity contribution in [2.75, 3.05) is 18.5 Å². The van der Waals surface area contributed by atoms with E-state index in [4.69, 9.17) is 5.73 Å². The molecule has 2 rings (SSSR count). The zero-order valence-electron chi connectivity index (χ0n) is 10.2. The van der Waals surface area contributed by atoms with Gasteiger partial charge in [-0.2, -0.15) is 4.31 Å². The van der Waals surface area contributed by atoms with Crippen LogP contribution >= 0.6 is 0 Å². The van der Waals surface area contributed by atoms with Crippen LogP contribution in [0.2, 0.25) is 0 Å². The molecule has 0 saturated carbocycles. The molecule has 0 aromatic heterocycles. The van der Waals surface area contributed by atoms with E-state index in [1.54, 1.807) is 4.31 Å². The third kappa shape index (κ3) is 2.30. The lowest BCUT2D eigenvalue weighted by Crippen LogP contribution is -2.29. The number of anilines is 1. The van der Waals surface area contributed by atoms with Crippen LogP contribution in [0, 0.1) is 6.92 Å². The van der Waals surface area contributed by atoms with Crippen LogP contribution in [-0.2, 0) is 10.0 Å². The van der Waals surface area contributed by atoms with Crippen molar-refractivity contribution in [3.63, 3.8) is 0 Å². The Morgan fingerprint density at radius 1 is 1.41 bits per heavy atom. The number of hydrogen-bond acceptors (Lipinski definition) is 3. The van der Waals surface area contributed by atoms with E-state index in [0.29, 0.717) is 6.54 Å². The van der Waals surface area contributed by atoms with Crippen LogP contribution in [-0.4, -0.2) is 25.5 Å². The number of nitrogens with two attached hydrogens (primary N) is 1. The Hall–Kier alpha value is -1.07. The van der Waals surface area contributed by atoms with E-state index in [2.05, 4.69) is 0 Å². The summed E-state index contributed by atoms with van der Waals surface area (Å²) in [5.41, 5.74) is 8.63. The molecule has 1 aromatic carbocycles. The summed E-state index contributed by atoms with van der Waals surface area (Å²) in [4.78, 5) is 0. The summed E-state index contributed by atoms with van der Waals surface area (Å²) >= 11 is 0. The largest absolute Gasteiger partial charge is 0.399 e. The van der Waals surface area contributed by atoms with Crippen molar-refractivity contribution in [2.24, 2.45) is 0 Å². The molecule has 0 bridgehead atoms. The maximum absolute atomic E-state index is 11.7. The lowest BCUT2D eigenvalue weighted by atomic mass is 9.99. The van der Waals surface area contributed by atoms with E-state index in [1.807, 2.05) is 25.1 Å². The standard InChI is InChI=1S/C12H18N2O2S/c1-9-10(5-3-6-11(9)13)12-7-4-8-14(12)17(2,15)16/h3,5-6,12H,4,7-8,13H2,1-2H3. The summed E-state index contributed by atoms with van der Waals surface area (Å²) in [6.07, 6.45) is 3.05. The molecule has 1 fully saturated rings. The second-order valence-electron chi connectivity index (χ2n) is 4.59. The maximum atomic E-state index is 11.7. The highest BCUT2D eigenvalue weighted by atomic mass is 32.2. The minimum absolute atomic E-state index is 0.0477. The molecule has 1 heterocycles. The third-order valence-electron chi connectivity index (χ3n) is 3.41. The first kappa shape index (κ1) is 12.4. The Morgan fingerprint density at radius 3 is 2.76 bits per heavy atom. The summed E-state index contributed by atoms with van der Waals surface area (Å²) in [7, 11) is -3.14. The monoisotopic (exact) mass is 254 g/mol. The normalized spacial score (nSPS) is 21.9. The summed E-state index contributed by atoms with van der Waals surface area (Å²) in [5.74, 6) is 0. The highest BCUT2D eigenvalue weighted by Crippen LogP contribution is 2.36. The van der Waals surface area contributed by atoms with Crippen molar-refractivity contribution >= 4 is 15.7 Å². The van der Waals surface area contributed by atoms with Crippen LogP contribution in [0.3, 0.4) is 0 Å². The van der Waals surface area contributed by atoms with Crippen LogP contribution in [0.4, 0.5) is 5.69 Å². The van der Waals surface area contributed by atoms with Crippen molar-refractivity contribution in [3.8, 4) is 0 Å². The van der Waals surface area contributed by atoms with Gasteiger partial charge in [0.05, 0.1) is 12.3 Å². The summed E-state index contributed by atoms with van der Waals surface area (Å²) in [5, 5.41) is 0. The Bertz CT molecular complexity index is 525. The third-order valence-corrected chi connectivity index (χ3v) is 4.70. The quantitative estimate of drug-likeness (QED) is 0.817.